The van der Waals surface area contributed by atoms with Crippen molar-refractivity contribution in [1.82, 2.24) is 0 Å². The van der Waals surface area contributed by atoms with E-state index in [1.54, 1.807) is 12.1 Å². The second-order valence-electron chi connectivity index (χ2n) is 5.61. The number of nitrogens with two attached hydrogens (primary N) is 1. The predicted molar refractivity (Wildman–Crippen MR) is 103 cm³/mol. The maximum Gasteiger partial charge on any atom is 0.328 e. The van der Waals surface area contributed by atoms with E-state index in [2.05, 4.69) is 12.1 Å². The molecule has 2 N–H and O–H groups in total. The molecule has 3 aromatic carbocycles. The summed E-state index contributed by atoms with van der Waals surface area (Å²) in [6.45, 7) is 0. The Kier molecular flexibility index (Phi) is 6.75. The molecular weight excluding hydrogens is 334 g/mol. The smallest absolute Gasteiger partial charge is 0.328 e. The van der Waals surface area contributed by atoms with Gasteiger partial charge in [-0.2, -0.15) is 0 Å². The van der Waals surface area contributed by atoms with Gasteiger partial charge in [0.25, 0.3) is 0 Å². The molecule has 3 nitrogen and oxygen atoms in total. The molecule has 0 aliphatic heterocycles. The molecule has 0 aromatic heterocycles. The summed E-state index contributed by atoms with van der Waals surface area (Å²) >= 11 is 0. The number of ether oxygens (including phenoxy) is 1. The van der Waals surface area contributed by atoms with Crippen LogP contribution in [-0.2, 0) is 11.2 Å². The highest BCUT2D eigenvalue weighted by Crippen LogP contribution is 2.19. The van der Waals surface area contributed by atoms with Gasteiger partial charge in [0.2, 0.25) is 0 Å². The summed E-state index contributed by atoms with van der Waals surface area (Å²) in [6.07, 6.45) is 0.445. The van der Waals surface area contributed by atoms with E-state index in [0.29, 0.717) is 12.2 Å². The fraction of sp³-hybridized carbons (Fsp3) is 0.0952. The molecular formula is C21H20ClNO2. The first-order valence-electron chi connectivity index (χ1n) is 7.89. The maximum atomic E-state index is 12.1. The molecule has 1 atom stereocenters. The first-order chi connectivity index (χ1) is 11.7. The van der Waals surface area contributed by atoms with Gasteiger partial charge in [-0.05, 0) is 35.2 Å². The first-order valence-corrected chi connectivity index (χ1v) is 7.89. The van der Waals surface area contributed by atoms with Crippen molar-refractivity contribution in [2.45, 2.75) is 12.5 Å². The number of benzene rings is 3. The second kappa shape index (κ2) is 9.02. The highest BCUT2D eigenvalue weighted by Gasteiger charge is 2.16. The van der Waals surface area contributed by atoms with E-state index < -0.39 is 12.0 Å². The Bertz CT molecular complexity index is 789. The summed E-state index contributed by atoms with van der Waals surface area (Å²) in [6, 6.07) is 26.5. The number of carbonyl (C=O) groups excluding carboxylic acids is 1. The van der Waals surface area contributed by atoms with Crippen LogP contribution < -0.4 is 10.5 Å². The second-order valence-corrected chi connectivity index (χ2v) is 5.61. The van der Waals surface area contributed by atoms with Gasteiger partial charge >= 0.3 is 5.97 Å². The lowest BCUT2D eigenvalue weighted by atomic mass is 10.0. The number of esters is 1. The van der Waals surface area contributed by atoms with Crippen molar-refractivity contribution in [3.63, 3.8) is 0 Å². The van der Waals surface area contributed by atoms with E-state index in [0.717, 1.165) is 16.7 Å². The molecule has 0 saturated heterocycles. The van der Waals surface area contributed by atoms with E-state index in [1.807, 2.05) is 60.7 Å². The van der Waals surface area contributed by atoms with Gasteiger partial charge < -0.3 is 10.5 Å². The van der Waals surface area contributed by atoms with Crippen LogP contribution in [0.3, 0.4) is 0 Å². The number of hydrogen-bond donors (Lipinski definition) is 1. The van der Waals surface area contributed by atoms with Crippen molar-refractivity contribution in [1.29, 1.82) is 0 Å². The molecule has 0 radical (unpaired) electrons. The molecule has 25 heavy (non-hydrogen) atoms. The van der Waals surface area contributed by atoms with Crippen LogP contribution in [0, 0.1) is 0 Å². The van der Waals surface area contributed by atoms with Crippen molar-refractivity contribution in [2.75, 3.05) is 0 Å². The van der Waals surface area contributed by atoms with Gasteiger partial charge in [0, 0.05) is 0 Å². The Morgan fingerprint density at radius 1 is 0.800 bits per heavy atom. The summed E-state index contributed by atoms with van der Waals surface area (Å²) in [4.78, 5) is 12.1. The Morgan fingerprint density at radius 3 is 1.92 bits per heavy atom. The van der Waals surface area contributed by atoms with Gasteiger partial charge in [0.15, 0.2) is 0 Å². The van der Waals surface area contributed by atoms with Gasteiger partial charge in [-0.3, -0.25) is 0 Å². The molecule has 3 aromatic rings. The van der Waals surface area contributed by atoms with Crippen LogP contribution in [0.2, 0.25) is 0 Å². The molecule has 0 fully saturated rings. The third-order valence-electron chi connectivity index (χ3n) is 3.78. The van der Waals surface area contributed by atoms with Gasteiger partial charge in [-0.25, -0.2) is 4.79 Å². The van der Waals surface area contributed by atoms with Crippen LogP contribution in [-0.4, -0.2) is 12.0 Å². The zero-order chi connectivity index (χ0) is 16.8. The Morgan fingerprint density at radius 2 is 1.32 bits per heavy atom. The van der Waals surface area contributed by atoms with E-state index in [4.69, 9.17) is 10.5 Å². The average Bonchev–Trinajstić information content (AvgIpc) is 2.64. The Hall–Kier alpha value is -2.62. The fourth-order valence-corrected chi connectivity index (χ4v) is 2.48. The minimum Gasteiger partial charge on any atom is -0.425 e. The fourth-order valence-electron chi connectivity index (χ4n) is 2.48. The third kappa shape index (κ3) is 5.18. The largest absolute Gasteiger partial charge is 0.425 e. The zero-order valence-corrected chi connectivity index (χ0v) is 14.5. The van der Waals surface area contributed by atoms with Crippen LogP contribution >= 0.6 is 12.4 Å². The first kappa shape index (κ1) is 18.7. The molecule has 3 rings (SSSR count). The Labute approximate surface area is 153 Å². The number of rotatable bonds is 5. The summed E-state index contributed by atoms with van der Waals surface area (Å²) in [7, 11) is 0. The molecule has 128 valence electrons. The minimum absolute atomic E-state index is 0. The van der Waals surface area contributed by atoms with Crippen molar-refractivity contribution in [3.05, 3.63) is 90.5 Å². The molecule has 0 amide bonds. The lowest BCUT2D eigenvalue weighted by Gasteiger charge is -2.12. The molecule has 0 saturated carbocycles. The van der Waals surface area contributed by atoms with E-state index in [1.165, 1.54) is 0 Å². The summed E-state index contributed by atoms with van der Waals surface area (Å²) in [5, 5.41) is 0. The average molecular weight is 354 g/mol. The van der Waals surface area contributed by atoms with Gasteiger partial charge in [-0.15, -0.1) is 12.4 Å². The number of halogens is 1. The van der Waals surface area contributed by atoms with Crippen LogP contribution in [0.4, 0.5) is 0 Å². The molecule has 0 aliphatic rings. The standard InChI is InChI=1S/C21H19NO2.ClH/c22-20(21(23)24-19-9-5-2-6-10-19)15-16-11-13-18(14-12-16)17-7-3-1-4-8-17;/h1-14,20H,15,22H2;1H/t20-;/m0./s1. The van der Waals surface area contributed by atoms with Crippen LogP contribution in [0.15, 0.2) is 84.9 Å². The van der Waals surface area contributed by atoms with E-state index in [9.17, 15) is 4.79 Å². The topological polar surface area (TPSA) is 52.3 Å². The van der Waals surface area contributed by atoms with Crippen LogP contribution in [0.5, 0.6) is 5.75 Å². The van der Waals surface area contributed by atoms with Gasteiger partial charge in [-0.1, -0.05) is 72.8 Å². The molecule has 0 spiro atoms. The number of para-hydroxylation sites is 1. The monoisotopic (exact) mass is 353 g/mol. The minimum atomic E-state index is -0.687. The lowest BCUT2D eigenvalue weighted by molar-refractivity contribution is -0.135. The summed E-state index contributed by atoms with van der Waals surface area (Å²) in [5.74, 6) is 0.0886. The maximum absolute atomic E-state index is 12.1. The molecule has 0 unspecified atom stereocenters. The van der Waals surface area contributed by atoms with E-state index in [-0.39, 0.29) is 12.4 Å². The number of hydrogen-bond acceptors (Lipinski definition) is 3. The molecule has 0 heterocycles. The quantitative estimate of drug-likeness (QED) is 0.551. The molecule has 4 heteroatoms. The van der Waals surface area contributed by atoms with Crippen LogP contribution in [0.25, 0.3) is 11.1 Å². The highest BCUT2D eigenvalue weighted by atomic mass is 35.5. The van der Waals surface area contributed by atoms with Crippen molar-refractivity contribution >= 4 is 18.4 Å². The van der Waals surface area contributed by atoms with E-state index >= 15 is 0 Å². The zero-order valence-electron chi connectivity index (χ0n) is 13.7. The Balaban J connectivity index is 0.00000225. The molecule has 0 aliphatic carbocycles. The van der Waals surface area contributed by atoms with Gasteiger partial charge in [0.1, 0.15) is 11.8 Å². The normalized spacial score (nSPS) is 11.2. The van der Waals surface area contributed by atoms with Gasteiger partial charge in [0.05, 0.1) is 0 Å². The van der Waals surface area contributed by atoms with Crippen molar-refractivity contribution in [2.24, 2.45) is 5.73 Å². The predicted octanol–water partition coefficient (Wildman–Crippen LogP) is 4.25. The van der Waals surface area contributed by atoms with Crippen molar-refractivity contribution in [3.8, 4) is 16.9 Å². The molecule has 0 bridgehead atoms. The summed E-state index contributed by atoms with van der Waals surface area (Å²) in [5.41, 5.74) is 9.28. The highest BCUT2D eigenvalue weighted by molar-refractivity contribution is 5.85. The SMILES string of the molecule is Cl.N[C@@H](Cc1ccc(-c2ccccc2)cc1)C(=O)Oc1ccccc1. The summed E-state index contributed by atoms with van der Waals surface area (Å²) < 4.78 is 5.28. The van der Waals surface area contributed by atoms with Crippen molar-refractivity contribution < 1.29 is 9.53 Å². The number of carbonyl (C=O) groups is 1. The lowest BCUT2D eigenvalue weighted by Crippen LogP contribution is -2.36. The van der Waals surface area contributed by atoms with Crippen LogP contribution in [0.1, 0.15) is 5.56 Å². The third-order valence-corrected chi connectivity index (χ3v) is 3.78.